The van der Waals surface area contributed by atoms with Gasteiger partial charge in [0.15, 0.2) is 0 Å². The number of aromatic amines is 1. The lowest BCUT2D eigenvalue weighted by molar-refractivity contribution is 0.0693. The molecule has 1 aromatic carbocycles. The van der Waals surface area contributed by atoms with Gasteiger partial charge in [-0.3, -0.25) is 4.79 Å². The van der Waals surface area contributed by atoms with Crippen LogP contribution in [0.1, 0.15) is 53.8 Å². The standard InChI is InChI=1S/C20H24N4OS/c1-13(2)18-19(26-12-21-18)20(25)24-9-7-14(8-10-24)11-17-22-15-5-3-4-6-16(15)23-17/h3-6,12-14H,7-11H2,1-2H3,(H,22,23). The number of nitrogens with zero attached hydrogens (tertiary/aromatic N) is 3. The van der Waals surface area contributed by atoms with Crippen molar-refractivity contribution >= 4 is 28.3 Å². The van der Waals surface area contributed by atoms with E-state index in [4.69, 9.17) is 0 Å². The first kappa shape index (κ1) is 17.2. The topological polar surface area (TPSA) is 61.9 Å². The Morgan fingerprint density at radius 1 is 1.31 bits per heavy atom. The second-order valence-corrected chi connectivity index (χ2v) is 8.22. The van der Waals surface area contributed by atoms with Crippen LogP contribution in [0.15, 0.2) is 29.8 Å². The number of H-pyrrole nitrogens is 1. The highest BCUT2D eigenvalue weighted by Gasteiger charge is 2.27. The van der Waals surface area contributed by atoms with E-state index in [9.17, 15) is 4.79 Å². The zero-order valence-corrected chi connectivity index (χ0v) is 16.1. The van der Waals surface area contributed by atoms with E-state index in [1.807, 2.05) is 23.1 Å². The minimum atomic E-state index is 0.151. The van der Waals surface area contributed by atoms with Gasteiger partial charge in [-0.25, -0.2) is 9.97 Å². The van der Waals surface area contributed by atoms with Gasteiger partial charge in [0, 0.05) is 19.5 Å². The predicted octanol–water partition coefficient (Wildman–Crippen LogP) is 4.24. The number of hydrogen-bond donors (Lipinski definition) is 1. The van der Waals surface area contributed by atoms with Crippen molar-refractivity contribution in [3.8, 4) is 0 Å². The van der Waals surface area contributed by atoms with E-state index in [2.05, 4.69) is 34.9 Å². The second kappa shape index (κ2) is 7.19. The number of fused-ring (bicyclic) bond motifs is 1. The van der Waals surface area contributed by atoms with Gasteiger partial charge in [0.25, 0.3) is 5.91 Å². The maximum Gasteiger partial charge on any atom is 0.265 e. The Labute approximate surface area is 157 Å². The van der Waals surface area contributed by atoms with Crippen LogP contribution < -0.4 is 0 Å². The molecule has 0 radical (unpaired) electrons. The number of piperidine rings is 1. The van der Waals surface area contributed by atoms with E-state index in [1.165, 1.54) is 11.3 Å². The summed E-state index contributed by atoms with van der Waals surface area (Å²) in [6.07, 6.45) is 3.01. The van der Waals surface area contributed by atoms with Gasteiger partial charge in [-0.15, -0.1) is 11.3 Å². The molecule has 1 saturated heterocycles. The first-order valence-electron chi connectivity index (χ1n) is 9.28. The van der Waals surface area contributed by atoms with Crippen molar-refractivity contribution in [3.05, 3.63) is 46.2 Å². The van der Waals surface area contributed by atoms with E-state index in [1.54, 1.807) is 5.51 Å². The summed E-state index contributed by atoms with van der Waals surface area (Å²) in [5.74, 6) is 2.07. The maximum absolute atomic E-state index is 12.8. The Balaban J connectivity index is 1.37. The molecule has 136 valence electrons. The fourth-order valence-electron chi connectivity index (χ4n) is 3.69. The van der Waals surface area contributed by atoms with Gasteiger partial charge in [0.05, 0.1) is 22.2 Å². The Kier molecular flexibility index (Phi) is 4.76. The number of hydrogen-bond acceptors (Lipinski definition) is 4. The van der Waals surface area contributed by atoms with E-state index in [0.29, 0.717) is 5.92 Å². The van der Waals surface area contributed by atoms with Gasteiger partial charge in [0.1, 0.15) is 10.7 Å². The largest absolute Gasteiger partial charge is 0.342 e. The number of para-hydroxylation sites is 2. The molecule has 1 fully saturated rings. The Morgan fingerprint density at radius 3 is 2.81 bits per heavy atom. The highest BCUT2D eigenvalue weighted by Crippen LogP contribution is 2.27. The molecule has 0 aliphatic carbocycles. The molecule has 0 atom stereocenters. The number of rotatable bonds is 4. The highest BCUT2D eigenvalue weighted by molar-refractivity contribution is 7.11. The number of benzene rings is 1. The number of nitrogens with one attached hydrogen (secondary N) is 1. The lowest BCUT2D eigenvalue weighted by Gasteiger charge is -2.31. The molecule has 0 bridgehead atoms. The van der Waals surface area contributed by atoms with E-state index in [-0.39, 0.29) is 11.8 Å². The van der Waals surface area contributed by atoms with Gasteiger partial charge in [-0.05, 0) is 36.8 Å². The highest BCUT2D eigenvalue weighted by atomic mass is 32.1. The van der Waals surface area contributed by atoms with Gasteiger partial charge in [-0.1, -0.05) is 26.0 Å². The van der Waals surface area contributed by atoms with Gasteiger partial charge in [0.2, 0.25) is 0 Å². The van der Waals surface area contributed by atoms with Crippen molar-refractivity contribution in [3.63, 3.8) is 0 Å². The monoisotopic (exact) mass is 368 g/mol. The van der Waals surface area contributed by atoms with E-state index >= 15 is 0 Å². The van der Waals surface area contributed by atoms with Crippen molar-refractivity contribution in [2.45, 2.75) is 39.0 Å². The Morgan fingerprint density at radius 2 is 2.08 bits per heavy atom. The molecule has 1 N–H and O–H groups in total. The summed E-state index contributed by atoms with van der Waals surface area (Å²) in [7, 11) is 0. The Bertz CT molecular complexity index is 872. The fraction of sp³-hybridized carbons (Fsp3) is 0.450. The predicted molar refractivity (Wildman–Crippen MR) is 105 cm³/mol. The lowest BCUT2D eigenvalue weighted by atomic mass is 9.93. The fourth-order valence-corrected chi connectivity index (χ4v) is 4.60. The second-order valence-electron chi connectivity index (χ2n) is 7.36. The van der Waals surface area contributed by atoms with E-state index in [0.717, 1.165) is 59.8 Å². The number of aromatic nitrogens is 3. The zero-order valence-electron chi connectivity index (χ0n) is 15.2. The minimum Gasteiger partial charge on any atom is -0.342 e. The van der Waals surface area contributed by atoms with E-state index < -0.39 is 0 Å². The summed E-state index contributed by atoms with van der Waals surface area (Å²) >= 11 is 1.47. The van der Waals surface area contributed by atoms with Crippen LogP contribution in [0.25, 0.3) is 11.0 Å². The molecular formula is C20H24N4OS. The summed E-state index contributed by atoms with van der Waals surface area (Å²) in [5, 5.41) is 0. The molecule has 1 amide bonds. The number of carbonyl (C=O) groups excluding carboxylic acids is 1. The molecule has 1 aliphatic heterocycles. The lowest BCUT2D eigenvalue weighted by Crippen LogP contribution is -2.39. The molecule has 0 spiro atoms. The zero-order chi connectivity index (χ0) is 18.1. The summed E-state index contributed by atoms with van der Waals surface area (Å²) in [6, 6.07) is 8.15. The Hall–Kier alpha value is -2.21. The molecule has 6 heteroatoms. The summed E-state index contributed by atoms with van der Waals surface area (Å²) < 4.78 is 0. The average molecular weight is 369 g/mol. The van der Waals surface area contributed by atoms with Crippen molar-refractivity contribution < 1.29 is 4.79 Å². The molecule has 5 nitrogen and oxygen atoms in total. The van der Waals surface area contributed by atoms with Crippen LogP contribution in [0.5, 0.6) is 0 Å². The molecule has 4 rings (SSSR count). The molecule has 3 heterocycles. The van der Waals surface area contributed by atoms with Crippen molar-refractivity contribution in [1.82, 2.24) is 19.9 Å². The normalized spacial score (nSPS) is 15.9. The first-order valence-corrected chi connectivity index (χ1v) is 10.2. The third-order valence-corrected chi connectivity index (χ3v) is 5.99. The molecule has 26 heavy (non-hydrogen) atoms. The van der Waals surface area contributed by atoms with Gasteiger partial charge in [-0.2, -0.15) is 0 Å². The van der Waals surface area contributed by atoms with Crippen LogP contribution in [0, 0.1) is 5.92 Å². The number of amides is 1. The first-order chi connectivity index (χ1) is 12.6. The molecule has 1 aliphatic rings. The summed E-state index contributed by atoms with van der Waals surface area (Å²) in [6.45, 7) is 5.81. The summed E-state index contributed by atoms with van der Waals surface area (Å²) in [5.41, 5.74) is 4.85. The maximum atomic E-state index is 12.8. The average Bonchev–Trinajstić information content (AvgIpc) is 3.28. The van der Waals surface area contributed by atoms with Crippen LogP contribution in [0.3, 0.4) is 0 Å². The van der Waals surface area contributed by atoms with Crippen LogP contribution >= 0.6 is 11.3 Å². The molecular weight excluding hydrogens is 344 g/mol. The summed E-state index contributed by atoms with van der Waals surface area (Å²) in [4.78, 5) is 28.1. The van der Waals surface area contributed by atoms with Crippen LogP contribution in [-0.2, 0) is 6.42 Å². The number of carbonyl (C=O) groups is 1. The van der Waals surface area contributed by atoms with Gasteiger partial charge >= 0.3 is 0 Å². The number of imidazole rings is 1. The minimum absolute atomic E-state index is 0.151. The smallest absolute Gasteiger partial charge is 0.265 e. The third kappa shape index (κ3) is 3.38. The molecule has 2 aromatic heterocycles. The molecule has 0 unspecified atom stereocenters. The van der Waals surface area contributed by atoms with Crippen molar-refractivity contribution in [2.75, 3.05) is 13.1 Å². The van der Waals surface area contributed by atoms with Crippen molar-refractivity contribution in [2.24, 2.45) is 5.92 Å². The third-order valence-electron chi connectivity index (χ3n) is 5.16. The molecule has 3 aromatic rings. The van der Waals surface area contributed by atoms with Crippen LogP contribution in [0.2, 0.25) is 0 Å². The molecule has 0 saturated carbocycles. The van der Waals surface area contributed by atoms with Gasteiger partial charge < -0.3 is 9.88 Å². The quantitative estimate of drug-likeness (QED) is 0.749. The van der Waals surface area contributed by atoms with Crippen LogP contribution in [-0.4, -0.2) is 38.8 Å². The number of thiazole rings is 1. The number of likely N-dealkylation sites (tertiary alicyclic amines) is 1. The van der Waals surface area contributed by atoms with Crippen molar-refractivity contribution in [1.29, 1.82) is 0 Å². The SMILES string of the molecule is CC(C)c1ncsc1C(=O)N1CCC(Cc2nc3ccccc3[nH]2)CC1. The van der Waals surface area contributed by atoms with Crippen LogP contribution in [0.4, 0.5) is 0 Å².